The predicted octanol–water partition coefficient (Wildman–Crippen LogP) is 2.25. The van der Waals surface area contributed by atoms with Crippen LogP contribution in [0.2, 0.25) is 0 Å². The fraction of sp³-hybridized carbons (Fsp3) is 0.368. The summed E-state index contributed by atoms with van der Waals surface area (Å²) in [7, 11) is 0. The molecule has 0 spiro atoms. The summed E-state index contributed by atoms with van der Waals surface area (Å²) >= 11 is -0.0254. The Hall–Kier alpha value is -0.830. The summed E-state index contributed by atoms with van der Waals surface area (Å²) in [5.74, 6) is 0. The molecule has 0 fully saturated rings. The van der Waals surface area contributed by atoms with Gasteiger partial charge < -0.3 is 0 Å². The van der Waals surface area contributed by atoms with E-state index < -0.39 is 0 Å². The van der Waals surface area contributed by atoms with Gasteiger partial charge in [-0.2, -0.15) is 0 Å². The molecule has 0 aliphatic rings. The number of rotatable bonds is 7. The van der Waals surface area contributed by atoms with Crippen LogP contribution in [-0.4, -0.2) is 0 Å². The Morgan fingerprint density at radius 2 is 1.60 bits per heavy atom. The molecule has 2 aromatic carbocycles. The first kappa shape index (κ1) is 15.6. The SMILES string of the molecule is CCCCCCc1ccc([I+]c2ccccc2C)cc1. The molecule has 0 aromatic heterocycles. The summed E-state index contributed by atoms with van der Waals surface area (Å²) in [6, 6.07) is 18.1. The zero-order valence-electron chi connectivity index (χ0n) is 12.5. The van der Waals surface area contributed by atoms with Crippen molar-refractivity contribution in [1.29, 1.82) is 0 Å². The van der Waals surface area contributed by atoms with Crippen LogP contribution in [0.25, 0.3) is 0 Å². The minimum Gasteiger partial charge on any atom is -0.0654 e. The lowest BCUT2D eigenvalue weighted by atomic mass is 10.1. The van der Waals surface area contributed by atoms with E-state index in [1.54, 1.807) is 3.57 Å². The van der Waals surface area contributed by atoms with Gasteiger partial charge in [-0.05, 0) is 43.5 Å². The Balaban J connectivity index is 1.90. The van der Waals surface area contributed by atoms with Gasteiger partial charge in [0.25, 0.3) is 0 Å². The van der Waals surface area contributed by atoms with E-state index in [2.05, 4.69) is 62.4 Å². The first-order valence-corrected chi connectivity index (χ1v) is 9.74. The van der Waals surface area contributed by atoms with Crippen LogP contribution in [0, 0.1) is 14.1 Å². The third kappa shape index (κ3) is 4.93. The lowest BCUT2D eigenvalue weighted by Gasteiger charge is -2.00. The Kier molecular flexibility index (Phi) is 6.58. The molecule has 20 heavy (non-hydrogen) atoms. The van der Waals surface area contributed by atoms with E-state index in [1.807, 2.05) is 0 Å². The number of unbranched alkanes of at least 4 members (excludes halogenated alkanes) is 3. The zero-order chi connectivity index (χ0) is 14.2. The first-order valence-electron chi connectivity index (χ1n) is 7.59. The molecule has 0 aliphatic carbocycles. The second-order valence-corrected chi connectivity index (χ2v) is 8.23. The quantitative estimate of drug-likeness (QED) is 0.512. The Morgan fingerprint density at radius 3 is 2.30 bits per heavy atom. The van der Waals surface area contributed by atoms with Crippen molar-refractivity contribution in [2.75, 3.05) is 0 Å². The number of halogens is 1. The molecule has 0 amide bonds. The maximum Gasteiger partial charge on any atom is 0.358 e. The van der Waals surface area contributed by atoms with Crippen molar-refractivity contribution in [1.82, 2.24) is 0 Å². The molecule has 0 nitrogen and oxygen atoms in total. The monoisotopic (exact) mass is 379 g/mol. The van der Waals surface area contributed by atoms with Crippen molar-refractivity contribution in [3.8, 4) is 0 Å². The second kappa shape index (κ2) is 8.46. The van der Waals surface area contributed by atoms with Crippen LogP contribution < -0.4 is 21.2 Å². The van der Waals surface area contributed by atoms with Gasteiger partial charge in [0.1, 0.15) is 0 Å². The van der Waals surface area contributed by atoms with Crippen molar-refractivity contribution in [2.45, 2.75) is 46.0 Å². The third-order valence-corrected chi connectivity index (χ3v) is 6.65. The topological polar surface area (TPSA) is 0 Å². The highest BCUT2D eigenvalue weighted by Crippen LogP contribution is 2.07. The summed E-state index contributed by atoms with van der Waals surface area (Å²) < 4.78 is 3.07. The molecular weight excluding hydrogens is 355 g/mol. The van der Waals surface area contributed by atoms with Crippen molar-refractivity contribution < 1.29 is 21.2 Å². The minimum absolute atomic E-state index is 0.0254. The summed E-state index contributed by atoms with van der Waals surface area (Å²) in [6.45, 7) is 4.49. The molecule has 0 saturated heterocycles. The Labute approximate surface area is 133 Å². The average Bonchev–Trinajstić information content (AvgIpc) is 2.48. The van der Waals surface area contributed by atoms with Crippen LogP contribution in [-0.2, 0) is 6.42 Å². The molecule has 0 radical (unpaired) electrons. The van der Waals surface area contributed by atoms with Crippen LogP contribution in [0.15, 0.2) is 48.5 Å². The molecule has 1 heteroatoms. The summed E-state index contributed by atoms with van der Waals surface area (Å²) in [6.07, 6.45) is 6.63. The van der Waals surface area contributed by atoms with Gasteiger partial charge in [-0.3, -0.25) is 0 Å². The third-order valence-electron chi connectivity index (χ3n) is 3.52. The Morgan fingerprint density at radius 1 is 0.850 bits per heavy atom. The van der Waals surface area contributed by atoms with Gasteiger partial charge in [0, 0.05) is 5.56 Å². The van der Waals surface area contributed by atoms with E-state index in [0.717, 1.165) is 0 Å². The fourth-order valence-electron chi connectivity index (χ4n) is 2.24. The van der Waals surface area contributed by atoms with Gasteiger partial charge in [0.05, 0.1) is 0 Å². The average molecular weight is 379 g/mol. The first-order chi connectivity index (χ1) is 9.79. The van der Waals surface area contributed by atoms with E-state index in [-0.39, 0.29) is 21.2 Å². The van der Waals surface area contributed by atoms with Crippen molar-refractivity contribution in [3.05, 3.63) is 66.8 Å². The normalized spacial score (nSPS) is 10.7. The Bertz CT molecular complexity index is 514. The molecular formula is C19H24I+. The van der Waals surface area contributed by atoms with Crippen molar-refractivity contribution >= 4 is 0 Å². The van der Waals surface area contributed by atoms with Crippen LogP contribution >= 0.6 is 0 Å². The van der Waals surface area contributed by atoms with Gasteiger partial charge >= 0.3 is 21.2 Å². The van der Waals surface area contributed by atoms with E-state index in [9.17, 15) is 0 Å². The number of benzene rings is 2. The van der Waals surface area contributed by atoms with Crippen molar-refractivity contribution in [2.24, 2.45) is 0 Å². The second-order valence-electron chi connectivity index (χ2n) is 5.28. The maximum absolute atomic E-state index is 2.34. The molecule has 0 atom stereocenters. The fourth-order valence-corrected chi connectivity index (χ4v) is 4.63. The minimum atomic E-state index is -0.0254. The largest absolute Gasteiger partial charge is 0.358 e. The predicted molar refractivity (Wildman–Crippen MR) is 82.9 cm³/mol. The molecule has 0 heterocycles. The highest BCUT2D eigenvalue weighted by molar-refractivity contribution is 5.15. The van der Waals surface area contributed by atoms with Gasteiger partial charge in [-0.1, -0.05) is 56.5 Å². The number of hydrogen-bond acceptors (Lipinski definition) is 0. The lowest BCUT2D eigenvalue weighted by molar-refractivity contribution is -0.598. The van der Waals surface area contributed by atoms with E-state index in [0.29, 0.717) is 0 Å². The van der Waals surface area contributed by atoms with E-state index in [1.165, 1.54) is 46.8 Å². The maximum atomic E-state index is 2.34. The summed E-state index contributed by atoms with van der Waals surface area (Å²) in [5, 5.41) is 0. The summed E-state index contributed by atoms with van der Waals surface area (Å²) in [4.78, 5) is 0. The standard InChI is InChI=1S/C19H24I/c1-3-4-5-6-10-17-12-14-18(15-13-17)20-19-11-8-7-9-16(19)2/h7-9,11-15H,3-6,10H2,1-2H3/q+1. The molecule has 106 valence electrons. The highest BCUT2D eigenvalue weighted by Gasteiger charge is 2.17. The smallest absolute Gasteiger partial charge is 0.0654 e. The molecule has 2 rings (SSSR count). The summed E-state index contributed by atoms with van der Waals surface area (Å²) in [5.41, 5.74) is 2.93. The molecule has 0 N–H and O–H groups in total. The van der Waals surface area contributed by atoms with Crippen LogP contribution in [0.5, 0.6) is 0 Å². The molecule has 0 saturated carbocycles. The van der Waals surface area contributed by atoms with Crippen LogP contribution in [0.4, 0.5) is 0 Å². The van der Waals surface area contributed by atoms with Gasteiger partial charge in [0.2, 0.25) is 0 Å². The highest BCUT2D eigenvalue weighted by atomic mass is 127. The van der Waals surface area contributed by atoms with Crippen LogP contribution in [0.3, 0.4) is 0 Å². The number of hydrogen-bond donors (Lipinski definition) is 0. The molecule has 0 bridgehead atoms. The van der Waals surface area contributed by atoms with E-state index >= 15 is 0 Å². The van der Waals surface area contributed by atoms with Crippen LogP contribution in [0.1, 0.15) is 43.7 Å². The van der Waals surface area contributed by atoms with Crippen molar-refractivity contribution in [3.63, 3.8) is 0 Å². The lowest BCUT2D eigenvalue weighted by Crippen LogP contribution is -3.61. The van der Waals surface area contributed by atoms with E-state index in [4.69, 9.17) is 0 Å². The van der Waals surface area contributed by atoms with Gasteiger partial charge in [-0.25, -0.2) is 0 Å². The zero-order valence-corrected chi connectivity index (χ0v) is 14.7. The van der Waals surface area contributed by atoms with Gasteiger partial charge in [-0.15, -0.1) is 0 Å². The molecule has 0 aliphatic heterocycles. The number of aryl methyl sites for hydroxylation is 2. The molecule has 0 unspecified atom stereocenters. The van der Waals surface area contributed by atoms with Gasteiger partial charge in [0.15, 0.2) is 7.14 Å². The molecule has 2 aromatic rings.